The van der Waals surface area contributed by atoms with Gasteiger partial charge >= 0.3 is 6.03 Å². The molecule has 1 heterocycles. The van der Waals surface area contributed by atoms with Gasteiger partial charge in [-0.1, -0.05) is 44.0 Å². The Morgan fingerprint density at radius 2 is 1.92 bits per heavy atom. The van der Waals surface area contributed by atoms with Crippen LogP contribution < -0.4 is 10.6 Å². The molecule has 2 aliphatic carbocycles. The number of hydrogen-bond acceptors (Lipinski definition) is 2. The number of urea groups is 1. The van der Waals surface area contributed by atoms with E-state index in [-0.39, 0.29) is 36.0 Å². The molecule has 5 nitrogen and oxygen atoms in total. The molecule has 25 heavy (non-hydrogen) atoms. The van der Waals surface area contributed by atoms with Gasteiger partial charge in [0.15, 0.2) is 0 Å². The molecular formula is C20H27N3O2. The Labute approximate surface area is 149 Å². The van der Waals surface area contributed by atoms with E-state index in [2.05, 4.69) is 41.8 Å². The van der Waals surface area contributed by atoms with Crippen molar-refractivity contribution >= 4 is 11.9 Å². The van der Waals surface area contributed by atoms with Gasteiger partial charge in [0.1, 0.15) is 6.54 Å². The summed E-state index contributed by atoms with van der Waals surface area (Å²) in [5, 5.41) is 6.19. The van der Waals surface area contributed by atoms with E-state index < -0.39 is 0 Å². The van der Waals surface area contributed by atoms with Gasteiger partial charge in [-0.15, -0.1) is 0 Å². The van der Waals surface area contributed by atoms with Crippen LogP contribution in [0.3, 0.4) is 0 Å². The fraction of sp³-hybridized carbons (Fsp3) is 0.600. The van der Waals surface area contributed by atoms with Crippen molar-refractivity contribution in [2.24, 2.45) is 5.41 Å². The molecule has 0 radical (unpaired) electrons. The molecule has 3 aliphatic rings. The monoisotopic (exact) mass is 341 g/mol. The standard InChI is InChI=1S/C20H27N3O2/c1-20(10-14-6-2-3-7-15(14)11-20)13-21-19(25)23-12-18(24)22-16-8-4-5-9-17(16)23/h2-3,6-7,16-17H,4-5,8-13H2,1H3,(H,21,25)(H,22,24). The molecule has 5 heteroatoms. The molecule has 0 aromatic heterocycles. The Bertz CT molecular complexity index is 662. The zero-order chi connectivity index (χ0) is 17.4. The Balaban J connectivity index is 1.39. The van der Waals surface area contributed by atoms with Crippen LogP contribution in [0, 0.1) is 5.41 Å². The lowest BCUT2D eigenvalue weighted by atomic mass is 9.86. The number of carbonyl (C=O) groups excluding carboxylic acids is 2. The molecule has 0 spiro atoms. The van der Waals surface area contributed by atoms with E-state index in [0.717, 1.165) is 38.5 Å². The number of nitrogens with zero attached hydrogens (tertiary/aromatic N) is 1. The summed E-state index contributed by atoms with van der Waals surface area (Å²) in [4.78, 5) is 26.5. The minimum atomic E-state index is -0.0797. The summed E-state index contributed by atoms with van der Waals surface area (Å²) >= 11 is 0. The lowest BCUT2D eigenvalue weighted by Crippen LogP contribution is -2.64. The van der Waals surface area contributed by atoms with E-state index in [9.17, 15) is 9.59 Å². The number of amides is 3. The fourth-order valence-electron chi connectivity index (χ4n) is 4.80. The van der Waals surface area contributed by atoms with Gasteiger partial charge in [-0.3, -0.25) is 4.79 Å². The molecule has 1 aromatic carbocycles. The van der Waals surface area contributed by atoms with Crippen LogP contribution in [0.5, 0.6) is 0 Å². The summed E-state index contributed by atoms with van der Waals surface area (Å²) in [7, 11) is 0. The Morgan fingerprint density at radius 1 is 1.24 bits per heavy atom. The SMILES string of the molecule is CC1(CNC(=O)N2CC(=O)NC3CCCCC32)Cc2ccccc2C1. The molecule has 2 atom stereocenters. The first-order valence-electron chi connectivity index (χ1n) is 9.45. The lowest BCUT2D eigenvalue weighted by molar-refractivity contribution is -0.126. The summed E-state index contributed by atoms with van der Waals surface area (Å²) < 4.78 is 0. The molecule has 2 unspecified atom stereocenters. The van der Waals surface area contributed by atoms with Gasteiger partial charge in [-0.05, 0) is 42.2 Å². The fourth-order valence-corrected chi connectivity index (χ4v) is 4.80. The molecule has 3 amide bonds. The van der Waals surface area contributed by atoms with Crippen molar-refractivity contribution in [1.29, 1.82) is 0 Å². The maximum absolute atomic E-state index is 12.8. The highest BCUT2D eigenvalue weighted by Crippen LogP contribution is 2.36. The first-order valence-corrected chi connectivity index (χ1v) is 9.45. The predicted octanol–water partition coefficient (Wildman–Crippen LogP) is 2.24. The van der Waals surface area contributed by atoms with Crippen molar-refractivity contribution in [2.45, 2.75) is 57.5 Å². The average molecular weight is 341 g/mol. The molecule has 1 aliphatic heterocycles. The van der Waals surface area contributed by atoms with Crippen molar-refractivity contribution in [3.05, 3.63) is 35.4 Å². The zero-order valence-corrected chi connectivity index (χ0v) is 14.9. The largest absolute Gasteiger partial charge is 0.350 e. The van der Waals surface area contributed by atoms with Gasteiger partial charge < -0.3 is 15.5 Å². The first kappa shape index (κ1) is 16.4. The number of carbonyl (C=O) groups is 2. The van der Waals surface area contributed by atoms with E-state index in [1.54, 1.807) is 4.90 Å². The van der Waals surface area contributed by atoms with Crippen LogP contribution in [0.4, 0.5) is 4.79 Å². The number of piperazine rings is 1. The predicted molar refractivity (Wildman–Crippen MR) is 96.2 cm³/mol. The topological polar surface area (TPSA) is 61.4 Å². The van der Waals surface area contributed by atoms with Gasteiger partial charge in [-0.2, -0.15) is 0 Å². The minimum absolute atomic E-state index is 0.0298. The van der Waals surface area contributed by atoms with Crippen molar-refractivity contribution in [3.63, 3.8) is 0 Å². The number of benzene rings is 1. The second-order valence-electron chi connectivity index (χ2n) is 8.25. The summed E-state index contributed by atoms with van der Waals surface area (Å²) in [6.07, 6.45) is 6.22. The summed E-state index contributed by atoms with van der Waals surface area (Å²) in [5.74, 6) is -0.0298. The van der Waals surface area contributed by atoms with Crippen LogP contribution in [-0.2, 0) is 17.6 Å². The van der Waals surface area contributed by atoms with Crippen LogP contribution in [0.15, 0.2) is 24.3 Å². The van der Waals surface area contributed by atoms with Crippen molar-refractivity contribution in [1.82, 2.24) is 15.5 Å². The average Bonchev–Trinajstić information content (AvgIpc) is 2.95. The van der Waals surface area contributed by atoms with Crippen LogP contribution in [0.25, 0.3) is 0 Å². The summed E-state index contributed by atoms with van der Waals surface area (Å²) in [6, 6.07) is 8.74. The maximum atomic E-state index is 12.8. The molecule has 1 saturated carbocycles. The molecule has 2 N–H and O–H groups in total. The van der Waals surface area contributed by atoms with Crippen molar-refractivity contribution in [2.75, 3.05) is 13.1 Å². The van der Waals surface area contributed by atoms with Crippen LogP contribution in [-0.4, -0.2) is 42.0 Å². The second kappa shape index (κ2) is 6.36. The third-order valence-electron chi connectivity index (χ3n) is 6.07. The van der Waals surface area contributed by atoms with E-state index >= 15 is 0 Å². The number of rotatable bonds is 2. The molecule has 1 saturated heterocycles. The van der Waals surface area contributed by atoms with Crippen molar-refractivity contribution < 1.29 is 9.59 Å². The smallest absolute Gasteiger partial charge is 0.318 e. The Hall–Kier alpha value is -2.04. The quantitative estimate of drug-likeness (QED) is 0.867. The number of nitrogens with one attached hydrogen (secondary N) is 2. The van der Waals surface area contributed by atoms with E-state index in [1.807, 2.05) is 0 Å². The molecule has 1 aromatic rings. The summed E-state index contributed by atoms with van der Waals surface area (Å²) in [6.45, 7) is 3.07. The van der Waals surface area contributed by atoms with Gasteiger partial charge in [0.25, 0.3) is 0 Å². The Morgan fingerprint density at radius 3 is 2.64 bits per heavy atom. The number of fused-ring (bicyclic) bond motifs is 2. The highest BCUT2D eigenvalue weighted by atomic mass is 16.2. The molecule has 134 valence electrons. The normalized spacial score (nSPS) is 27.2. The molecule has 0 bridgehead atoms. The van der Waals surface area contributed by atoms with E-state index in [4.69, 9.17) is 0 Å². The van der Waals surface area contributed by atoms with Crippen molar-refractivity contribution in [3.8, 4) is 0 Å². The van der Waals surface area contributed by atoms with Crippen LogP contribution >= 0.6 is 0 Å². The minimum Gasteiger partial charge on any atom is -0.350 e. The maximum Gasteiger partial charge on any atom is 0.318 e. The Kier molecular flexibility index (Phi) is 4.18. The van der Waals surface area contributed by atoms with Gasteiger partial charge in [0.2, 0.25) is 5.91 Å². The zero-order valence-electron chi connectivity index (χ0n) is 14.9. The third kappa shape index (κ3) is 3.24. The van der Waals surface area contributed by atoms with E-state index in [1.165, 1.54) is 11.1 Å². The van der Waals surface area contributed by atoms with Gasteiger partial charge in [0.05, 0.1) is 6.04 Å². The molecule has 2 fully saturated rings. The second-order valence-corrected chi connectivity index (χ2v) is 8.25. The molecular weight excluding hydrogens is 314 g/mol. The highest BCUT2D eigenvalue weighted by Gasteiger charge is 2.40. The first-order chi connectivity index (χ1) is 12.0. The van der Waals surface area contributed by atoms with Gasteiger partial charge in [0, 0.05) is 12.6 Å². The number of hydrogen-bond donors (Lipinski definition) is 2. The van der Waals surface area contributed by atoms with Crippen LogP contribution in [0.1, 0.15) is 43.7 Å². The highest BCUT2D eigenvalue weighted by molar-refractivity contribution is 5.86. The van der Waals surface area contributed by atoms with E-state index in [0.29, 0.717) is 6.54 Å². The molecule has 4 rings (SSSR count). The third-order valence-corrected chi connectivity index (χ3v) is 6.07. The summed E-state index contributed by atoms with van der Waals surface area (Å²) in [5.41, 5.74) is 2.84. The lowest BCUT2D eigenvalue weighted by Gasteiger charge is -2.44. The van der Waals surface area contributed by atoms with Crippen LogP contribution in [0.2, 0.25) is 0 Å². The van der Waals surface area contributed by atoms with Gasteiger partial charge in [-0.25, -0.2) is 4.79 Å².